The van der Waals surface area contributed by atoms with Crippen LogP contribution in [0.15, 0.2) is 78.9 Å². The number of hydrogen-bond donors (Lipinski definition) is 2. The van der Waals surface area contributed by atoms with E-state index in [9.17, 15) is 4.79 Å². The summed E-state index contributed by atoms with van der Waals surface area (Å²) in [5.74, 6) is 1.98. The predicted molar refractivity (Wildman–Crippen MR) is 122 cm³/mol. The van der Waals surface area contributed by atoms with Gasteiger partial charge in [0, 0.05) is 17.5 Å². The molecular weight excluding hydrogens is 388 g/mol. The predicted octanol–water partition coefficient (Wildman–Crippen LogP) is 5.11. The third kappa shape index (κ3) is 4.98. The lowest BCUT2D eigenvalue weighted by Crippen LogP contribution is -2.13. The molecule has 0 saturated carbocycles. The van der Waals surface area contributed by atoms with Crippen molar-refractivity contribution >= 4 is 11.6 Å². The molecular formula is C25H24N4O2. The van der Waals surface area contributed by atoms with Crippen molar-refractivity contribution in [1.82, 2.24) is 15.2 Å². The number of ether oxygens (including phenoxy) is 1. The summed E-state index contributed by atoms with van der Waals surface area (Å²) in [6.07, 6.45) is 0.953. The zero-order valence-corrected chi connectivity index (χ0v) is 17.3. The third-order valence-corrected chi connectivity index (χ3v) is 4.87. The van der Waals surface area contributed by atoms with Crippen LogP contribution in [0, 0.1) is 0 Å². The van der Waals surface area contributed by atoms with E-state index < -0.39 is 0 Å². The number of hydrogen-bond acceptors (Lipinski definition) is 4. The van der Waals surface area contributed by atoms with Gasteiger partial charge in [-0.05, 0) is 37.1 Å². The molecule has 4 rings (SSSR count). The number of benzene rings is 3. The Bertz CT molecular complexity index is 1150. The fourth-order valence-electron chi connectivity index (χ4n) is 3.36. The van der Waals surface area contributed by atoms with Gasteiger partial charge in [0.2, 0.25) is 5.91 Å². The second-order valence-electron chi connectivity index (χ2n) is 7.01. The van der Waals surface area contributed by atoms with Gasteiger partial charge in [0.15, 0.2) is 11.6 Å². The Hall–Kier alpha value is -3.93. The number of nitrogens with zero attached hydrogens (tertiary/aromatic N) is 2. The Labute approximate surface area is 181 Å². The number of aromatic nitrogens is 3. The summed E-state index contributed by atoms with van der Waals surface area (Å²) in [4.78, 5) is 17.3. The van der Waals surface area contributed by atoms with Gasteiger partial charge in [-0.1, -0.05) is 60.7 Å². The first-order chi connectivity index (χ1) is 15.2. The van der Waals surface area contributed by atoms with Crippen LogP contribution in [0.4, 0.5) is 5.69 Å². The van der Waals surface area contributed by atoms with E-state index in [1.807, 2.05) is 85.8 Å². The number of H-pyrrole nitrogens is 1. The van der Waals surface area contributed by atoms with Gasteiger partial charge in [-0.2, -0.15) is 5.10 Å². The quantitative estimate of drug-likeness (QED) is 0.421. The minimum absolute atomic E-state index is 0.0680. The lowest BCUT2D eigenvalue weighted by Gasteiger charge is -2.11. The number of nitrogens with one attached hydrogen (secondary N) is 2. The zero-order chi connectivity index (χ0) is 21.5. The van der Waals surface area contributed by atoms with Crippen molar-refractivity contribution in [3.05, 3.63) is 84.4 Å². The minimum atomic E-state index is -0.0680. The normalized spacial score (nSPS) is 10.6. The van der Waals surface area contributed by atoms with Crippen molar-refractivity contribution in [3.8, 4) is 28.5 Å². The number of amides is 1. The van der Waals surface area contributed by atoms with Gasteiger partial charge in [-0.25, -0.2) is 4.98 Å². The molecule has 0 atom stereocenters. The van der Waals surface area contributed by atoms with E-state index >= 15 is 0 Å². The highest BCUT2D eigenvalue weighted by Gasteiger charge is 2.13. The van der Waals surface area contributed by atoms with E-state index in [1.165, 1.54) is 0 Å². The molecule has 0 unspecified atom stereocenters. The fourth-order valence-corrected chi connectivity index (χ4v) is 3.36. The van der Waals surface area contributed by atoms with Crippen molar-refractivity contribution in [2.45, 2.75) is 19.8 Å². The molecule has 0 radical (unpaired) electrons. The van der Waals surface area contributed by atoms with Crippen LogP contribution in [0.1, 0.15) is 18.9 Å². The molecule has 0 fully saturated rings. The second kappa shape index (κ2) is 9.71. The van der Waals surface area contributed by atoms with Gasteiger partial charge in [0.1, 0.15) is 5.75 Å². The van der Waals surface area contributed by atoms with E-state index in [-0.39, 0.29) is 5.91 Å². The van der Waals surface area contributed by atoms with Crippen molar-refractivity contribution in [3.63, 3.8) is 0 Å². The van der Waals surface area contributed by atoms with Gasteiger partial charge in [-0.3, -0.25) is 9.89 Å². The molecule has 0 aliphatic heterocycles. The maximum absolute atomic E-state index is 12.7. The van der Waals surface area contributed by atoms with Crippen LogP contribution in [0.3, 0.4) is 0 Å². The topological polar surface area (TPSA) is 79.9 Å². The maximum atomic E-state index is 12.7. The zero-order valence-electron chi connectivity index (χ0n) is 17.3. The van der Waals surface area contributed by atoms with Crippen molar-refractivity contribution < 1.29 is 9.53 Å². The van der Waals surface area contributed by atoms with Crippen LogP contribution < -0.4 is 10.1 Å². The Morgan fingerprint density at radius 3 is 2.55 bits per heavy atom. The van der Waals surface area contributed by atoms with Crippen LogP contribution in [0.25, 0.3) is 22.8 Å². The molecule has 0 aliphatic carbocycles. The first-order valence-electron chi connectivity index (χ1n) is 10.3. The summed E-state index contributed by atoms with van der Waals surface area (Å²) >= 11 is 0. The maximum Gasteiger partial charge on any atom is 0.224 e. The molecule has 4 aromatic rings. The third-order valence-electron chi connectivity index (χ3n) is 4.87. The van der Waals surface area contributed by atoms with Gasteiger partial charge in [0.05, 0.1) is 12.3 Å². The Kier molecular flexibility index (Phi) is 6.38. The van der Waals surface area contributed by atoms with Crippen LogP contribution in [0.2, 0.25) is 0 Å². The molecule has 156 valence electrons. The minimum Gasteiger partial charge on any atom is -0.494 e. The number of rotatable bonds is 8. The number of aryl methyl sites for hydroxylation is 1. The second-order valence-corrected chi connectivity index (χ2v) is 7.01. The summed E-state index contributed by atoms with van der Waals surface area (Å²) in [7, 11) is 0. The smallest absolute Gasteiger partial charge is 0.224 e. The first kappa shape index (κ1) is 20.3. The molecule has 0 saturated heterocycles. The van der Waals surface area contributed by atoms with Crippen LogP contribution >= 0.6 is 0 Å². The standard InChI is InChI=1S/C25H24N4O2/c1-2-31-22-15-9-6-10-18(22)16-17-23(30)26-21-14-8-7-13-20(21)25-27-24(28-29-25)19-11-4-3-5-12-19/h3-15H,2,16-17H2,1H3,(H,26,30)(H,27,28,29). The molecule has 6 heteroatoms. The highest BCUT2D eigenvalue weighted by molar-refractivity contribution is 5.94. The van der Waals surface area contributed by atoms with Gasteiger partial charge < -0.3 is 10.1 Å². The number of para-hydroxylation sites is 2. The summed E-state index contributed by atoms with van der Waals surface area (Å²) < 4.78 is 5.65. The molecule has 2 N–H and O–H groups in total. The summed E-state index contributed by atoms with van der Waals surface area (Å²) in [6, 6.07) is 25.2. The molecule has 31 heavy (non-hydrogen) atoms. The van der Waals surface area contributed by atoms with Crippen molar-refractivity contribution in [2.75, 3.05) is 11.9 Å². The number of aromatic amines is 1. The van der Waals surface area contributed by atoms with E-state index in [0.717, 1.165) is 22.4 Å². The van der Waals surface area contributed by atoms with Crippen LogP contribution in [-0.2, 0) is 11.2 Å². The highest BCUT2D eigenvalue weighted by atomic mass is 16.5. The SMILES string of the molecule is CCOc1ccccc1CCC(=O)Nc1ccccc1-c1nc(-c2ccccc2)n[nH]1. The number of anilines is 1. The Morgan fingerprint density at radius 2 is 1.71 bits per heavy atom. The average molecular weight is 412 g/mol. The molecule has 1 aromatic heterocycles. The molecule has 0 aliphatic rings. The van der Waals surface area contributed by atoms with Crippen LogP contribution in [0.5, 0.6) is 5.75 Å². The molecule has 0 spiro atoms. The molecule has 1 heterocycles. The molecule has 6 nitrogen and oxygen atoms in total. The summed E-state index contributed by atoms with van der Waals surface area (Å²) in [5.41, 5.74) is 3.44. The monoisotopic (exact) mass is 412 g/mol. The largest absolute Gasteiger partial charge is 0.494 e. The number of carbonyl (C=O) groups is 1. The fraction of sp³-hybridized carbons (Fsp3) is 0.160. The lowest BCUT2D eigenvalue weighted by molar-refractivity contribution is -0.116. The van der Waals surface area contributed by atoms with Crippen LogP contribution in [-0.4, -0.2) is 27.7 Å². The lowest BCUT2D eigenvalue weighted by atomic mass is 10.1. The van der Waals surface area contributed by atoms with Gasteiger partial charge in [0.25, 0.3) is 0 Å². The van der Waals surface area contributed by atoms with E-state index in [1.54, 1.807) is 0 Å². The first-order valence-corrected chi connectivity index (χ1v) is 10.3. The molecule has 3 aromatic carbocycles. The van der Waals surface area contributed by atoms with Gasteiger partial charge in [-0.15, -0.1) is 0 Å². The summed E-state index contributed by atoms with van der Waals surface area (Å²) in [6.45, 7) is 2.55. The van der Waals surface area contributed by atoms with Gasteiger partial charge >= 0.3 is 0 Å². The average Bonchev–Trinajstić information content (AvgIpc) is 3.30. The number of carbonyl (C=O) groups excluding carboxylic acids is 1. The molecule has 1 amide bonds. The Balaban J connectivity index is 1.47. The summed E-state index contributed by atoms with van der Waals surface area (Å²) in [5, 5.41) is 10.3. The highest BCUT2D eigenvalue weighted by Crippen LogP contribution is 2.27. The van der Waals surface area contributed by atoms with Crippen molar-refractivity contribution in [1.29, 1.82) is 0 Å². The van der Waals surface area contributed by atoms with E-state index in [2.05, 4.69) is 20.5 Å². The van der Waals surface area contributed by atoms with Crippen molar-refractivity contribution in [2.24, 2.45) is 0 Å². The Morgan fingerprint density at radius 1 is 0.968 bits per heavy atom. The van der Waals surface area contributed by atoms with E-state index in [0.29, 0.717) is 36.8 Å². The van der Waals surface area contributed by atoms with E-state index in [4.69, 9.17) is 4.74 Å². The molecule has 0 bridgehead atoms.